The molecule has 2 aromatic carbocycles. The highest BCUT2D eigenvalue weighted by Crippen LogP contribution is 2.38. The molecular weight excluding hydrogens is 758 g/mol. The summed E-state index contributed by atoms with van der Waals surface area (Å²) < 4.78 is 9.27. The quantitative estimate of drug-likeness (QED) is 0.172. The second-order valence-electron chi connectivity index (χ2n) is 16.1. The fraction of sp³-hybridized carbons (Fsp3) is 0.488. The number of nitrogens with one attached hydrogen (secondary N) is 2. The SMILES string of the molecule is Cn1c(C(=O)Nc2cccc(-c3cccc(NC(=O)c4nc5c(n4C)CCN(C4CCOCC4)C5)c3C#N)c2Cl)nc2c1CCN(CC[C@H]1CC[C@H](C(=O)O)CC1)C2. The maximum absolute atomic E-state index is 13.7. The Balaban J connectivity index is 0.938. The van der Waals surface area contributed by atoms with Gasteiger partial charge in [0.15, 0.2) is 11.6 Å². The highest BCUT2D eigenvalue weighted by atomic mass is 35.5. The summed E-state index contributed by atoms with van der Waals surface area (Å²) in [5.41, 5.74) is 5.84. The van der Waals surface area contributed by atoms with Crippen LogP contribution in [0, 0.1) is 23.2 Å². The minimum atomic E-state index is -0.676. The standard InChI is InChI=1S/C43H50ClN9O5/c1-50-36-14-19-52(18-13-26-9-11-27(12-10-26)43(56)57)24-34(36)46-40(50)42(55)49-33-8-4-6-30(38(33)44)29-5-3-7-32(31(29)23-45)48-41(54)39-47-35-25-53(20-15-37(35)51(39)2)28-16-21-58-22-17-28/h3-8,26-28H,9-22,24-25H2,1-2H3,(H,48,54)(H,49,55)(H,56,57)/t26-,27-. The first-order chi connectivity index (χ1) is 28.1. The zero-order valence-corrected chi connectivity index (χ0v) is 33.9. The highest BCUT2D eigenvalue weighted by molar-refractivity contribution is 6.36. The van der Waals surface area contributed by atoms with E-state index < -0.39 is 17.8 Å². The molecule has 8 rings (SSSR count). The van der Waals surface area contributed by atoms with E-state index in [1.807, 2.05) is 23.2 Å². The van der Waals surface area contributed by atoms with Gasteiger partial charge in [-0.2, -0.15) is 5.26 Å². The summed E-state index contributed by atoms with van der Waals surface area (Å²) in [7, 11) is 3.72. The highest BCUT2D eigenvalue weighted by Gasteiger charge is 2.32. The number of carboxylic acids is 1. The second kappa shape index (κ2) is 17.0. The molecule has 0 atom stereocenters. The van der Waals surface area contributed by atoms with Gasteiger partial charge in [-0.05, 0) is 69.5 Å². The Hall–Kier alpha value is -5.07. The van der Waals surface area contributed by atoms with E-state index in [2.05, 4.69) is 26.5 Å². The van der Waals surface area contributed by atoms with Gasteiger partial charge in [-0.25, -0.2) is 9.97 Å². The largest absolute Gasteiger partial charge is 0.481 e. The minimum absolute atomic E-state index is 0.205. The normalized spacial score (nSPS) is 20.2. The van der Waals surface area contributed by atoms with Crippen LogP contribution in [0.1, 0.15) is 94.5 Å². The number of imidazole rings is 2. The molecule has 1 saturated heterocycles. The number of hydrogen-bond acceptors (Lipinski definition) is 9. The van der Waals surface area contributed by atoms with E-state index in [0.717, 1.165) is 113 Å². The number of ether oxygens (including phenoxy) is 1. The van der Waals surface area contributed by atoms with Crippen LogP contribution in [0.3, 0.4) is 0 Å². The van der Waals surface area contributed by atoms with Gasteiger partial charge < -0.3 is 29.6 Å². The summed E-state index contributed by atoms with van der Waals surface area (Å²) in [5.74, 6) is -0.567. The summed E-state index contributed by atoms with van der Waals surface area (Å²) in [5, 5.41) is 25.9. The third-order valence-corrected chi connectivity index (χ3v) is 13.2. The molecule has 58 heavy (non-hydrogen) atoms. The summed E-state index contributed by atoms with van der Waals surface area (Å²) in [6, 6.07) is 13.2. The first-order valence-corrected chi connectivity index (χ1v) is 20.8. The molecule has 2 aromatic heterocycles. The number of halogens is 1. The molecule has 2 amide bonds. The van der Waals surface area contributed by atoms with Gasteiger partial charge in [0.1, 0.15) is 6.07 Å². The molecule has 4 aromatic rings. The van der Waals surface area contributed by atoms with Gasteiger partial charge in [0, 0.05) is 94.9 Å². The number of carboxylic acid groups (broad SMARTS) is 1. The van der Waals surface area contributed by atoms with E-state index in [1.54, 1.807) is 36.4 Å². The van der Waals surface area contributed by atoms with E-state index in [-0.39, 0.29) is 28.2 Å². The Bertz CT molecular complexity index is 2260. The van der Waals surface area contributed by atoms with Gasteiger partial charge in [0.25, 0.3) is 11.8 Å². The van der Waals surface area contributed by atoms with Crippen LogP contribution in [0.2, 0.25) is 5.02 Å². The van der Waals surface area contributed by atoms with Gasteiger partial charge in [-0.3, -0.25) is 24.2 Å². The molecule has 5 heterocycles. The summed E-state index contributed by atoms with van der Waals surface area (Å²) in [6.45, 7) is 5.56. The number of carbonyl (C=O) groups excluding carboxylic acids is 2. The zero-order valence-electron chi connectivity index (χ0n) is 33.1. The molecule has 14 nitrogen and oxygen atoms in total. The second-order valence-corrected chi connectivity index (χ2v) is 16.5. The Morgan fingerprint density at radius 1 is 0.845 bits per heavy atom. The summed E-state index contributed by atoms with van der Waals surface area (Å²) >= 11 is 6.99. The molecule has 1 aliphatic carbocycles. The van der Waals surface area contributed by atoms with Crippen molar-refractivity contribution in [3.63, 3.8) is 0 Å². The van der Waals surface area contributed by atoms with Crippen molar-refractivity contribution in [2.45, 2.75) is 76.9 Å². The fourth-order valence-electron chi connectivity index (χ4n) is 9.35. The smallest absolute Gasteiger partial charge is 0.306 e. The van der Waals surface area contributed by atoms with Crippen LogP contribution in [-0.2, 0) is 49.6 Å². The van der Waals surface area contributed by atoms with Crippen LogP contribution >= 0.6 is 11.6 Å². The number of hydrogen-bond donors (Lipinski definition) is 3. The number of carbonyl (C=O) groups is 3. The predicted molar refractivity (Wildman–Crippen MR) is 219 cm³/mol. The minimum Gasteiger partial charge on any atom is -0.481 e. The Kier molecular flexibility index (Phi) is 11.7. The average molecular weight is 808 g/mol. The van der Waals surface area contributed by atoms with E-state index in [0.29, 0.717) is 47.6 Å². The van der Waals surface area contributed by atoms with Crippen LogP contribution in [-0.4, -0.2) is 90.7 Å². The van der Waals surface area contributed by atoms with Crippen molar-refractivity contribution in [1.82, 2.24) is 28.9 Å². The van der Waals surface area contributed by atoms with E-state index in [4.69, 9.17) is 26.3 Å². The number of aliphatic carboxylic acids is 1. The zero-order chi connectivity index (χ0) is 40.5. The number of rotatable bonds is 10. The number of anilines is 2. The maximum atomic E-state index is 13.7. The topological polar surface area (TPSA) is 171 Å². The first kappa shape index (κ1) is 39.7. The van der Waals surface area contributed by atoms with Crippen molar-refractivity contribution in [2.24, 2.45) is 25.9 Å². The number of nitriles is 1. The van der Waals surface area contributed by atoms with Gasteiger partial charge in [-0.1, -0.05) is 35.9 Å². The van der Waals surface area contributed by atoms with Crippen molar-refractivity contribution in [3.05, 3.63) is 81.4 Å². The molecule has 1 saturated carbocycles. The van der Waals surface area contributed by atoms with Gasteiger partial charge >= 0.3 is 5.97 Å². The molecule has 2 fully saturated rings. The molecule has 0 spiro atoms. The Morgan fingerprint density at radius 2 is 1.45 bits per heavy atom. The first-order valence-electron chi connectivity index (χ1n) is 20.4. The Labute approximate surface area is 343 Å². The third-order valence-electron chi connectivity index (χ3n) is 12.7. The average Bonchev–Trinajstić information content (AvgIpc) is 3.76. The number of amides is 2. The predicted octanol–water partition coefficient (Wildman–Crippen LogP) is 6.03. The van der Waals surface area contributed by atoms with E-state index in [1.165, 1.54) is 0 Å². The summed E-state index contributed by atoms with van der Waals surface area (Å²) in [4.78, 5) is 53.2. The molecule has 15 heteroatoms. The van der Waals surface area contributed by atoms with Gasteiger partial charge in [0.2, 0.25) is 0 Å². The van der Waals surface area contributed by atoms with Crippen molar-refractivity contribution >= 4 is 40.8 Å². The van der Waals surface area contributed by atoms with Crippen LogP contribution < -0.4 is 10.6 Å². The fourth-order valence-corrected chi connectivity index (χ4v) is 9.62. The Morgan fingerprint density at radius 3 is 2.10 bits per heavy atom. The summed E-state index contributed by atoms with van der Waals surface area (Å²) in [6.07, 6.45) is 8.02. The van der Waals surface area contributed by atoms with Crippen molar-refractivity contribution in [2.75, 3.05) is 43.5 Å². The number of fused-ring (bicyclic) bond motifs is 2. The number of aromatic nitrogens is 4. The van der Waals surface area contributed by atoms with Gasteiger partial charge in [-0.15, -0.1) is 0 Å². The van der Waals surface area contributed by atoms with Crippen LogP contribution in [0.15, 0.2) is 36.4 Å². The number of benzene rings is 2. The lowest BCUT2D eigenvalue weighted by Gasteiger charge is -2.36. The molecule has 4 aliphatic rings. The lowest BCUT2D eigenvalue weighted by atomic mass is 9.80. The van der Waals surface area contributed by atoms with E-state index in [9.17, 15) is 24.8 Å². The van der Waals surface area contributed by atoms with Gasteiger partial charge in [0.05, 0.1) is 39.3 Å². The van der Waals surface area contributed by atoms with Crippen LogP contribution in [0.25, 0.3) is 11.1 Å². The lowest BCUT2D eigenvalue weighted by Crippen LogP contribution is -2.42. The molecular formula is C43H50ClN9O5. The number of nitrogens with zero attached hydrogens (tertiary/aromatic N) is 7. The van der Waals surface area contributed by atoms with Crippen LogP contribution in [0.4, 0.5) is 11.4 Å². The lowest BCUT2D eigenvalue weighted by molar-refractivity contribution is -0.143. The van der Waals surface area contributed by atoms with Crippen molar-refractivity contribution < 1.29 is 24.2 Å². The van der Waals surface area contributed by atoms with Crippen molar-refractivity contribution in [3.8, 4) is 17.2 Å². The van der Waals surface area contributed by atoms with Crippen molar-refractivity contribution in [1.29, 1.82) is 5.26 Å². The molecule has 0 bridgehead atoms. The molecule has 0 radical (unpaired) electrons. The monoisotopic (exact) mass is 807 g/mol. The maximum Gasteiger partial charge on any atom is 0.306 e. The molecule has 3 N–H and O–H groups in total. The third kappa shape index (κ3) is 8.01. The van der Waals surface area contributed by atoms with Crippen LogP contribution in [0.5, 0.6) is 0 Å². The molecule has 3 aliphatic heterocycles. The molecule has 0 unspecified atom stereocenters. The molecule has 304 valence electrons. The van der Waals surface area contributed by atoms with E-state index >= 15 is 0 Å².